The molecule has 0 fully saturated rings. The van der Waals surface area contributed by atoms with Gasteiger partial charge in [-0.15, -0.1) is 0 Å². The SMILES string of the molecule is CCCNc1nccc(Cc2nccn2CC)n1. The van der Waals surface area contributed by atoms with Gasteiger partial charge in [0.2, 0.25) is 5.95 Å². The van der Waals surface area contributed by atoms with Crippen LogP contribution >= 0.6 is 0 Å². The predicted molar refractivity (Wildman–Crippen MR) is 71.5 cm³/mol. The molecule has 0 radical (unpaired) electrons. The highest BCUT2D eigenvalue weighted by Crippen LogP contribution is 2.07. The first-order chi connectivity index (χ1) is 8.83. The summed E-state index contributed by atoms with van der Waals surface area (Å²) in [5.74, 6) is 1.74. The molecule has 0 bridgehead atoms. The van der Waals surface area contributed by atoms with E-state index in [-0.39, 0.29) is 0 Å². The van der Waals surface area contributed by atoms with Crippen LogP contribution in [-0.4, -0.2) is 26.1 Å². The molecular weight excluding hydrogens is 226 g/mol. The van der Waals surface area contributed by atoms with Gasteiger partial charge < -0.3 is 9.88 Å². The molecule has 2 aromatic rings. The Hall–Kier alpha value is -1.91. The highest BCUT2D eigenvalue weighted by molar-refractivity contribution is 5.25. The number of hydrogen-bond donors (Lipinski definition) is 1. The molecule has 0 spiro atoms. The van der Waals surface area contributed by atoms with Crippen LogP contribution in [-0.2, 0) is 13.0 Å². The molecule has 18 heavy (non-hydrogen) atoms. The largest absolute Gasteiger partial charge is 0.354 e. The van der Waals surface area contributed by atoms with Crippen molar-refractivity contribution in [2.45, 2.75) is 33.2 Å². The number of imidazole rings is 1. The maximum Gasteiger partial charge on any atom is 0.222 e. The molecule has 0 unspecified atom stereocenters. The van der Waals surface area contributed by atoms with Crippen LogP contribution in [0.4, 0.5) is 5.95 Å². The smallest absolute Gasteiger partial charge is 0.222 e. The van der Waals surface area contributed by atoms with E-state index in [1.165, 1.54) is 0 Å². The third-order valence-corrected chi connectivity index (χ3v) is 2.73. The second kappa shape index (κ2) is 6.14. The van der Waals surface area contributed by atoms with Crippen molar-refractivity contribution in [1.82, 2.24) is 19.5 Å². The molecule has 2 aromatic heterocycles. The van der Waals surface area contributed by atoms with Gasteiger partial charge in [-0.25, -0.2) is 15.0 Å². The van der Waals surface area contributed by atoms with Crippen molar-refractivity contribution in [2.75, 3.05) is 11.9 Å². The van der Waals surface area contributed by atoms with Crippen LogP contribution in [0.25, 0.3) is 0 Å². The van der Waals surface area contributed by atoms with E-state index in [9.17, 15) is 0 Å². The normalized spacial score (nSPS) is 10.6. The topological polar surface area (TPSA) is 55.6 Å². The molecule has 0 saturated heterocycles. The van der Waals surface area contributed by atoms with Crippen molar-refractivity contribution in [3.63, 3.8) is 0 Å². The van der Waals surface area contributed by atoms with E-state index < -0.39 is 0 Å². The average molecular weight is 245 g/mol. The maximum absolute atomic E-state index is 4.48. The molecule has 5 heteroatoms. The first kappa shape index (κ1) is 12.5. The van der Waals surface area contributed by atoms with Gasteiger partial charge in [0.15, 0.2) is 0 Å². The zero-order valence-corrected chi connectivity index (χ0v) is 10.9. The third kappa shape index (κ3) is 3.06. The maximum atomic E-state index is 4.48. The molecule has 2 rings (SSSR count). The molecule has 0 atom stereocenters. The summed E-state index contributed by atoms with van der Waals surface area (Å²) in [5, 5.41) is 3.19. The minimum atomic E-state index is 0.698. The molecule has 0 aliphatic carbocycles. The van der Waals surface area contributed by atoms with E-state index >= 15 is 0 Å². The van der Waals surface area contributed by atoms with Crippen molar-refractivity contribution < 1.29 is 0 Å². The number of hydrogen-bond acceptors (Lipinski definition) is 4. The minimum absolute atomic E-state index is 0.698. The highest BCUT2D eigenvalue weighted by Gasteiger charge is 2.05. The van der Waals surface area contributed by atoms with E-state index in [1.807, 2.05) is 18.5 Å². The van der Waals surface area contributed by atoms with E-state index in [1.54, 1.807) is 6.20 Å². The number of aromatic nitrogens is 4. The molecule has 5 nitrogen and oxygen atoms in total. The molecule has 0 amide bonds. The van der Waals surface area contributed by atoms with Crippen LogP contribution in [0, 0.1) is 0 Å². The van der Waals surface area contributed by atoms with Gasteiger partial charge >= 0.3 is 0 Å². The summed E-state index contributed by atoms with van der Waals surface area (Å²) in [7, 11) is 0. The molecule has 1 N–H and O–H groups in total. The number of rotatable bonds is 6. The van der Waals surface area contributed by atoms with Crippen LogP contribution in [0.5, 0.6) is 0 Å². The standard InChI is InChI=1S/C13H19N5/c1-3-6-15-13-16-7-5-11(17-13)10-12-14-8-9-18(12)4-2/h5,7-9H,3-4,6,10H2,1-2H3,(H,15,16,17). The van der Waals surface area contributed by atoms with Crippen LogP contribution in [0.2, 0.25) is 0 Å². The summed E-state index contributed by atoms with van der Waals surface area (Å²) >= 11 is 0. The predicted octanol–water partition coefficient (Wildman–Crippen LogP) is 2.11. The van der Waals surface area contributed by atoms with Gasteiger partial charge in [-0.3, -0.25) is 0 Å². The Bertz CT molecular complexity index is 492. The third-order valence-electron chi connectivity index (χ3n) is 2.73. The second-order valence-corrected chi connectivity index (χ2v) is 4.10. The van der Waals surface area contributed by atoms with Crippen molar-refractivity contribution in [1.29, 1.82) is 0 Å². The molecule has 0 aliphatic rings. The number of anilines is 1. The van der Waals surface area contributed by atoms with Gasteiger partial charge in [0.25, 0.3) is 0 Å². The van der Waals surface area contributed by atoms with Crippen LogP contribution < -0.4 is 5.32 Å². The molecule has 2 heterocycles. The lowest BCUT2D eigenvalue weighted by molar-refractivity contribution is 0.708. The fourth-order valence-electron chi connectivity index (χ4n) is 1.77. The van der Waals surface area contributed by atoms with Crippen molar-refractivity contribution in [3.05, 3.63) is 36.2 Å². The lowest BCUT2D eigenvalue weighted by atomic mass is 10.3. The molecular formula is C13H19N5. The Morgan fingerprint density at radius 1 is 1.22 bits per heavy atom. The van der Waals surface area contributed by atoms with Crippen molar-refractivity contribution in [3.8, 4) is 0 Å². The van der Waals surface area contributed by atoms with Crippen LogP contribution in [0.15, 0.2) is 24.7 Å². The van der Waals surface area contributed by atoms with Gasteiger partial charge in [-0.1, -0.05) is 6.92 Å². The van der Waals surface area contributed by atoms with Gasteiger partial charge in [-0.2, -0.15) is 0 Å². The van der Waals surface area contributed by atoms with Gasteiger partial charge in [0.1, 0.15) is 5.82 Å². The summed E-state index contributed by atoms with van der Waals surface area (Å²) in [6.45, 7) is 6.06. The number of aryl methyl sites for hydroxylation is 1. The first-order valence-electron chi connectivity index (χ1n) is 6.39. The minimum Gasteiger partial charge on any atom is -0.354 e. The number of nitrogens with one attached hydrogen (secondary N) is 1. The van der Waals surface area contributed by atoms with Crippen LogP contribution in [0.3, 0.4) is 0 Å². The quantitative estimate of drug-likeness (QED) is 0.846. The van der Waals surface area contributed by atoms with E-state index in [4.69, 9.17) is 0 Å². The Kier molecular flexibility index (Phi) is 4.28. The van der Waals surface area contributed by atoms with E-state index in [0.717, 1.165) is 37.4 Å². The monoisotopic (exact) mass is 245 g/mol. The zero-order valence-electron chi connectivity index (χ0n) is 10.9. The Morgan fingerprint density at radius 2 is 2.11 bits per heavy atom. The summed E-state index contributed by atoms with van der Waals surface area (Å²) in [6, 6.07) is 1.94. The van der Waals surface area contributed by atoms with Crippen LogP contribution in [0.1, 0.15) is 31.8 Å². The first-order valence-corrected chi connectivity index (χ1v) is 6.39. The molecule has 96 valence electrons. The lowest BCUT2D eigenvalue weighted by Crippen LogP contribution is -2.07. The van der Waals surface area contributed by atoms with E-state index in [2.05, 4.69) is 38.7 Å². The lowest BCUT2D eigenvalue weighted by Gasteiger charge is -2.06. The second-order valence-electron chi connectivity index (χ2n) is 4.10. The summed E-state index contributed by atoms with van der Waals surface area (Å²) in [5.41, 5.74) is 0.990. The summed E-state index contributed by atoms with van der Waals surface area (Å²) < 4.78 is 2.13. The Balaban J connectivity index is 2.09. The number of nitrogens with zero attached hydrogens (tertiary/aromatic N) is 4. The molecule has 0 aromatic carbocycles. The zero-order chi connectivity index (χ0) is 12.8. The highest BCUT2D eigenvalue weighted by atomic mass is 15.1. The fraction of sp³-hybridized carbons (Fsp3) is 0.462. The summed E-state index contributed by atoms with van der Waals surface area (Å²) in [6.07, 6.45) is 7.42. The molecule has 0 aliphatic heterocycles. The van der Waals surface area contributed by atoms with Crippen molar-refractivity contribution >= 4 is 5.95 Å². The van der Waals surface area contributed by atoms with Gasteiger partial charge in [0, 0.05) is 38.1 Å². The van der Waals surface area contributed by atoms with E-state index in [0.29, 0.717) is 5.95 Å². The Morgan fingerprint density at radius 3 is 2.89 bits per heavy atom. The van der Waals surface area contributed by atoms with Gasteiger partial charge in [-0.05, 0) is 19.4 Å². The molecule has 0 saturated carbocycles. The Labute approximate surface area is 107 Å². The average Bonchev–Trinajstić information content (AvgIpc) is 2.84. The fourth-order valence-corrected chi connectivity index (χ4v) is 1.77. The van der Waals surface area contributed by atoms with Gasteiger partial charge in [0.05, 0.1) is 5.69 Å². The van der Waals surface area contributed by atoms with Crippen molar-refractivity contribution in [2.24, 2.45) is 0 Å². The summed E-state index contributed by atoms with van der Waals surface area (Å²) in [4.78, 5) is 13.0.